The highest BCUT2D eigenvalue weighted by Crippen LogP contribution is 2.28. The van der Waals surface area contributed by atoms with Crippen molar-refractivity contribution in [3.05, 3.63) is 82.4 Å². The second kappa shape index (κ2) is 8.79. The van der Waals surface area contributed by atoms with Crippen molar-refractivity contribution in [2.75, 3.05) is 6.54 Å². The van der Waals surface area contributed by atoms with E-state index in [1.54, 1.807) is 0 Å². The highest BCUT2D eigenvalue weighted by molar-refractivity contribution is 5.96. The molecule has 3 heteroatoms. The molecule has 1 heterocycles. The number of aryl methyl sites for hydroxylation is 2. The average Bonchev–Trinajstić information content (AvgIpc) is 2.72. The van der Waals surface area contributed by atoms with Gasteiger partial charge in [0.2, 0.25) is 0 Å². The number of nitrogens with one attached hydrogen (secondary N) is 2. The number of benzene rings is 3. The van der Waals surface area contributed by atoms with Crippen molar-refractivity contribution in [3.63, 3.8) is 0 Å². The second-order valence-electron chi connectivity index (χ2n) is 8.24. The van der Waals surface area contributed by atoms with Gasteiger partial charge in [-0.1, -0.05) is 55.0 Å². The molecule has 0 saturated heterocycles. The zero-order chi connectivity index (χ0) is 20.2. The molecular weight excluding hydrogens is 356 g/mol. The zero-order valence-corrected chi connectivity index (χ0v) is 17.4. The number of hydrogen-bond donors (Lipinski definition) is 2. The molecule has 0 spiro atoms. The van der Waals surface area contributed by atoms with Gasteiger partial charge in [0.25, 0.3) is 5.91 Å². The Hall–Kier alpha value is -2.65. The van der Waals surface area contributed by atoms with E-state index in [1.807, 2.05) is 13.0 Å². The van der Waals surface area contributed by atoms with E-state index >= 15 is 0 Å². The van der Waals surface area contributed by atoms with E-state index in [1.165, 1.54) is 41.2 Å². The van der Waals surface area contributed by atoms with Crippen LogP contribution in [0.1, 0.15) is 64.8 Å². The van der Waals surface area contributed by atoms with Crippen LogP contribution in [0.3, 0.4) is 0 Å². The first-order chi connectivity index (χ1) is 14.1. The minimum atomic E-state index is -0.0542. The fraction of sp³-hybridized carbons (Fsp3) is 0.346. The summed E-state index contributed by atoms with van der Waals surface area (Å²) in [5.74, 6) is -0.00146. The molecule has 0 unspecified atom stereocenters. The van der Waals surface area contributed by atoms with Gasteiger partial charge in [0, 0.05) is 12.1 Å². The SMILES string of the molecule is Cc1ccc2cc1C(=O)N[C@H](C)c1cc(cc3ccccc13)CCCCCNC2. The Kier molecular flexibility index (Phi) is 5.96. The summed E-state index contributed by atoms with van der Waals surface area (Å²) in [6, 6.07) is 19.2. The van der Waals surface area contributed by atoms with Gasteiger partial charge < -0.3 is 10.6 Å². The van der Waals surface area contributed by atoms with E-state index in [-0.39, 0.29) is 11.9 Å². The topological polar surface area (TPSA) is 41.1 Å². The number of hydrogen-bond acceptors (Lipinski definition) is 2. The molecule has 3 nitrogen and oxygen atoms in total. The average molecular weight is 387 g/mol. The number of carbonyl (C=O) groups excluding carboxylic acids is 1. The molecule has 1 atom stereocenters. The number of rotatable bonds is 0. The molecule has 3 aromatic rings. The highest BCUT2D eigenvalue weighted by atomic mass is 16.1. The van der Waals surface area contributed by atoms with Crippen molar-refractivity contribution in [2.45, 2.75) is 52.1 Å². The van der Waals surface area contributed by atoms with E-state index < -0.39 is 0 Å². The predicted molar refractivity (Wildman–Crippen MR) is 120 cm³/mol. The molecule has 0 saturated carbocycles. The van der Waals surface area contributed by atoms with E-state index in [4.69, 9.17) is 0 Å². The Morgan fingerprint density at radius 2 is 1.79 bits per heavy atom. The lowest BCUT2D eigenvalue weighted by molar-refractivity contribution is 0.0939. The van der Waals surface area contributed by atoms with Crippen LogP contribution in [0.5, 0.6) is 0 Å². The lowest BCUT2D eigenvalue weighted by atomic mass is 9.94. The summed E-state index contributed by atoms with van der Waals surface area (Å²) in [4.78, 5) is 13.1. The maximum absolute atomic E-state index is 13.1. The summed E-state index contributed by atoms with van der Waals surface area (Å²) < 4.78 is 0. The third-order valence-corrected chi connectivity index (χ3v) is 5.96. The monoisotopic (exact) mass is 386 g/mol. The van der Waals surface area contributed by atoms with E-state index in [0.717, 1.165) is 36.2 Å². The molecule has 2 N–H and O–H groups in total. The van der Waals surface area contributed by atoms with Crippen LogP contribution in [0.25, 0.3) is 10.8 Å². The summed E-state index contributed by atoms with van der Waals surface area (Å²) in [6.45, 7) is 5.91. The third-order valence-electron chi connectivity index (χ3n) is 5.96. The van der Waals surface area contributed by atoms with Gasteiger partial charge in [0.15, 0.2) is 0 Å². The minimum Gasteiger partial charge on any atom is -0.345 e. The molecule has 0 fully saturated rings. The van der Waals surface area contributed by atoms with E-state index in [0.29, 0.717) is 0 Å². The third kappa shape index (κ3) is 4.51. The van der Waals surface area contributed by atoms with Crippen LogP contribution in [0.15, 0.2) is 54.6 Å². The van der Waals surface area contributed by atoms with Gasteiger partial charge >= 0.3 is 0 Å². The molecule has 1 amide bonds. The van der Waals surface area contributed by atoms with Gasteiger partial charge in [0.05, 0.1) is 6.04 Å². The molecule has 0 aromatic heterocycles. The Balaban J connectivity index is 1.73. The van der Waals surface area contributed by atoms with Crippen molar-refractivity contribution in [1.29, 1.82) is 0 Å². The molecular formula is C26H30N2O. The van der Waals surface area contributed by atoms with Gasteiger partial charge in [-0.05, 0) is 78.7 Å². The van der Waals surface area contributed by atoms with Crippen LogP contribution < -0.4 is 10.6 Å². The van der Waals surface area contributed by atoms with Gasteiger partial charge in [-0.15, -0.1) is 0 Å². The standard InChI is InChI=1S/C26H30N2O/c1-18-11-12-21-16-24(18)26(29)28-19(2)25-15-20(8-4-3-7-13-27-17-21)14-22-9-5-6-10-23(22)25/h5-6,9-12,14-16,19,27H,3-4,7-8,13,17H2,1-2H3,(H,28,29)/t19-/m1/s1. The Morgan fingerprint density at radius 1 is 0.931 bits per heavy atom. The number of carbonyl (C=O) groups is 1. The Morgan fingerprint density at radius 3 is 2.69 bits per heavy atom. The first-order valence-electron chi connectivity index (χ1n) is 10.7. The minimum absolute atomic E-state index is 0.00146. The van der Waals surface area contributed by atoms with Gasteiger partial charge in [-0.3, -0.25) is 4.79 Å². The van der Waals surface area contributed by atoms with Crippen LogP contribution in [0.2, 0.25) is 0 Å². The van der Waals surface area contributed by atoms with E-state index in [2.05, 4.69) is 66.1 Å². The smallest absolute Gasteiger partial charge is 0.252 e. The maximum atomic E-state index is 13.1. The van der Waals surface area contributed by atoms with Crippen LogP contribution in [0, 0.1) is 6.92 Å². The van der Waals surface area contributed by atoms with Crippen molar-refractivity contribution in [1.82, 2.24) is 10.6 Å². The van der Waals surface area contributed by atoms with Crippen LogP contribution in [-0.4, -0.2) is 12.5 Å². The van der Waals surface area contributed by atoms with Crippen molar-refractivity contribution < 1.29 is 4.79 Å². The molecule has 1 aliphatic heterocycles. The highest BCUT2D eigenvalue weighted by Gasteiger charge is 2.17. The summed E-state index contributed by atoms with van der Waals surface area (Å²) in [5.41, 5.74) is 5.50. The maximum Gasteiger partial charge on any atom is 0.252 e. The van der Waals surface area contributed by atoms with Gasteiger partial charge in [-0.25, -0.2) is 0 Å². The van der Waals surface area contributed by atoms with Crippen LogP contribution >= 0.6 is 0 Å². The van der Waals surface area contributed by atoms with Crippen LogP contribution in [-0.2, 0) is 13.0 Å². The van der Waals surface area contributed by atoms with Gasteiger partial charge in [-0.2, -0.15) is 0 Å². The first kappa shape index (κ1) is 19.7. The molecule has 4 rings (SSSR count). The Labute approximate surface area is 173 Å². The zero-order valence-electron chi connectivity index (χ0n) is 17.4. The molecule has 1 aliphatic rings. The summed E-state index contributed by atoms with van der Waals surface area (Å²) in [7, 11) is 0. The van der Waals surface area contributed by atoms with Crippen molar-refractivity contribution in [2.24, 2.45) is 0 Å². The molecule has 150 valence electrons. The summed E-state index contributed by atoms with van der Waals surface area (Å²) in [6.07, 6.45) is 4.67. The Bertz CT molecular complexity index is 1020. The molecule has 0 radical (unpaired) electrons. The quantitative estimate of drug-likeness (QED) is 0.539. The molecule has 0 aliphatic carbocycles. The molecule has 4 bridgehead atoms. The largest absolute Gasteiger partial charge is 0.345 e. The lowest BCUT2D eigenvalue weighted by Gasteiger charge is -2.20. The van der Waals surface area contributed by atoms with Crippen molar-refractivity contribution >= 4 is 16.7 Å². The van der Waals surface area contributed by atoms with Gasteiger partial charge in [0.1, 0.15) is 0 Å². The normalized spacial score (nSPS) is 18.4. The fourth-order valence-electron chi connectivity index (χ4n) is 4.27. The summed E-state index contributed by atoms with van der Waals surface area (Å²) >= 11 is 0. The fourth-order valence-corrected chi connectivity index (χ4v) is 4.27. The molecule has 29 heavy (non-hydrogen) atoms. The first-order valence-corrected chi connectivity index (χ1v) is 10.7. The van der Waals surface area contributed by atoms with Crippen LogP contribution in [0.4, 0.5) is 0 Å². The predicted octanol–water partition coefficient (Wildman–Crippen LogP) is 5.46. The lowest BCUT2D eigenvalue weighted by Crippen LogP contribution is -2.28. The number of fused-ring (bicyclic) bond motifs is 6. The second-order valence-corrected chi connectivity index (χ2v) is 8.24. The van der Waals surface area contributed by atoms with Crippen molar-refractivity contribution in [3.8, 4) is 0 Å². The molecule has 3 aromatic carbocycles. The number of amides is 1. The van der Waals surface area contributed by atoms with E-state index in [9.17, 15) is 4.79 Å². The summed E-state index contributed by atoms with van der Waals surface area (Å²) in [5, 5.41) is 9.24.